The summed E-state index contributed by atoms with van der Waals surface area (Å²) in [4.78, 5) is 46.3. The summed E-state index contributed by atoms with van der Waals surface area (Å²) in [7, 11) is 0. The average Bonchev–Trinajstić information content (AvgIpc) is 3.03. The van der Waals surface area contributed by atoms with Gasteiger partial charge in [-0.05, 0) is 60.2 Å². The van der Waals surface area contributed by atoms with Crippen LogP contribution in [0.4, 0.5) is 0 Å². The molecule has 0 spiro atoms. The zero-order chi connectivity index (χ0) is 28.6. The Bertz CT molecular complexity index is 2270. The molecule has 5 aromatic carbocycles. The Balaban J connectivity index is 1.31. The monoisotopic (exact) mass is 549 g/mol. The number of ether oxygens (including phenoxy) is 1. The number of rotatable bonds is 6. The fourth-order valence-electron chi connectivity index (χ4n) is 5.28. The molecule has 7 nitrogen and oxygen atoms in total. The zero-order valence-corrected chi connectivity index (χ0v) is 22.3. The third kappa shape index (κ3) is 4.53. The third-order valence-electron chi connectivity index (χ3n) is 7.30. The van der Waals surface area contributed by atoms with Crippen molar-refractivity contribution >= 4 is 38.5 Å². The summed E-state index contributed by atoms with van der Waals surface area (Å²) in [5.41, 5.74) is 2.70. The Morgan fingerprint density at radius 2 is 1.55 bits per heavy atom. The molecule has 0 aliphatic rings. The van der Waals surface area contributed by atoms with Crippen LogP contribution < -0.4 is 16.0 Å². The Morgan fingerprint density at radius 3 is 2.43 bits per heavy atom. The molecule has 0 bridgehead atoms. The number of carbonyl (C=O) groups excluding carboxylic acids is 1. The maximum atomic E-state index is 14.0. The first kappa shape index (κ1) is 25.2. The van der Waals surface area contributed by atoms with Crippen molar-refractivity contribution in [3.8, 4) is 11.5 Å². The van der Waals surface area contributed by atoms with E-state index in [4.69, 9.17) is 9.72 Å². The van der Waals surface area contributed by atoms with Crippen LogP contribution in [0.25, 0.3) is 32.7 Å². The molecule has 202 valence electrons. The van der Waals surface area contributed by atoms with Crippen molar-refractivity contribution in [3.05, 3.63) is 159 Å². The lowest BCUT2D eigenvalue weighted by molar-refractivity contribution is 0.104. The number of ketones is 1. The number of hydrogen-bond acceptors (Lipinski definition) is 5. The molecule has 0 atom stereocenters. The largest absolute Gasteiger partial charge is 0.455 e. The molecule has 1 N–H and O–H groups in total. The third-order valence-corrected chi connectivity index (χ3v) is 7.30. The predicted molar refractivity (Wildman–Crippen MR) is 164 cm³/mol. The van der Waals surface area contributed by atoms with Crippen molar-refractivity contribution in [2.24, 2.45) is 0 Å². The van der Waals surface area contributed by atoms with Crippen molar-refractivity contribution in [1.82, 2.24) is 14.5 Å². The molecule has 0 radical (unpaired) electrons. The number of carbonyl (C=O) groups is 1. The highest BCUT2D eigenvalue weighted by atomic mass is 16.5. The number of nitrogens with zero attached hydrogens (tertiary/aromatic N) is 2. The molecule has 0 saturated carbocycles. The summed E-state index contributed by atoms with van der Waals surface area (Å²) >= 11 is 0. The van der Waals surface area contributed by atoms with Crippen LogP contribution in [0.15, 0.2) is 131 Å². The van der Waals surface area contributed by atoms with Gasteiger partial charge in [-0.3, -0.25) is 19.1 Å². The van der Waals surface area contributed by atoms with Crippen LogP contribution >= 0.6 is 0 Å². The molecule has 2 aromatic heterocycles. The van der Waals surface area contributed by atoms with Gasteiger partial charge >= 0.3 is 5.69 Å². The molecule has 42 heavy (non-hydrogen) atoms. The van der Waals surface area contributed by atoms with Crippen LogP contribution in [-0.2, 0) is 6.54 Å². The van der Waals surface area contributed by atoms with E-state index < -0.39 is 11.2 Å². The molecule has 0 aliphatic carbocycles. The van der Waals surface area contributed by atoms with E-state index >= 15 is 0 Å². The van der Waals surface area contributed by atoms with Gasteiger partial charge in [-0.2, -0.15) is 0 Å². The SMILES string of the molecule is O=C(c1cccc(Cn2c(=O)[nH]c(=O)c3ccccc32)c1)c1ccc(Oc2ccccc2)c2nc3ccccc3cc12. The highest BCUT2D eigenvalue weighted by molar-refractivity contribution is 6.18. The smallest absolute Gasteiger partial charge is 0.329 e. The van der Waals surface area contributed by atoms with E-state index in [0.29, 0.717) is 44.4 Å². The Morgan fingerprint density at radius 1 is 0.762 bits per heavy atom. The first-order valence-electron chi connectivity index (χ1n) is 13.5. The number of H-pyrrole nitrogens is 1. The van der Waals surface area contributed by atoms with Crippen molar-refractivity contribution in [1.29, 1.82) is 0 Å². The Kier molecular flexibility index (Phi) is 6.17. The lowest BCUT2D eigenvalue weighted by Crippen LogP contribution is -2.30. The van der Waals surface area contributed by atoms with E-state index in [2.05, 4.69) is 4.98 Å². The number of para-hydroxylation sites is 3. The minimum atomic E-state index is -0.506. The first-order valence-corrected chi connectivity index (χ1v) is 13.5. The number of nitrogens with one attached hydrogen (secondary N) is 1. The van der Waals surface area contributed by atoms with Gasteiger partial charge in [0.15, 0.2) is 11.5 Å². The highest BCUT2D eigenvalue weighted by Crippen LogP contribution is 2.34. The molecule has 0 amide bonds. The number of aromatic nitrogens is 3. The molecule has 0 fully saturated rings. The second kappa shape index (κ2) is 10.3. The Labute approximate surface area is 239 Å². The summed E-state index contributed by atoms with van der Waals surface area (Å²) < 4.78 is 7.69. The van der Waals surface area contributed by atoms with E-state index in [9.17, 15) is 14.4 Å². The summed E-state index contributed by atoms with van der Waals surface area (Å²) in [6.07, 6.45) is 0. The van der Waals surface area contributed by atoms with E-state index in [0.717, 1.165) is 16.5 Å². The number of hydrogen-bond donors (Lipinski definition) is 1. The van der Waals surface area contributed by atoms with Crippen molar-refractivity contribution in [3.63, 3.8) is 0 Å². The van der Waals surface area contributed by atoms with Gasteiger partial charge in [0.2, 0.25) is 0 Å². The second-order valence-corrected chi connectivity index (χ2v) is 10.00. The molecule has 0 aliphatic heterocycles. The van der Waals surface area contributed by atoms with Gasteiger partial charge in [0.1, 0.15) is 11.3 Å². The van der Waals surface area contributed by atoms with Crippen LogP contribution in [-0.4, -0.2) is 20.3 Å². The lowest BCUT2D eigenvalue weighted by atomic mass is 9.96. The number of pyridine rings is 1. The second-order valence-electron chi connectivity index (χ2n) is 10.00. The number of fused-ring (bicyclic) bond motifs is 3. The van der Waals surface area contributed by atoms with E-state index in [1.54, 1.807) is 54.6 Å². The van der Waals surface area contributed by atoms with Crippen molar-refractivity contribution in [2.75, 3.05) is 0 Å². The quantitative estimate of drug-likeness (QED) is 0.190. The summed E-state index contributed by atoms with van der Waals surface area (Å²) in [5, 5.41) is 2.02. The minimum Gasteiger partial charge on any atom is -0.455 e. The highest BCUT2D eigenvalue weighted by Gasteiger charge is 2.18. The fourth-order valence-corrected chi connectivity index (χ4v) is 5.28. The topological polar surface area (TPSA) is 94.1 Å². The van der Waals surface area contributed by atoms with E-state index in [1.807, 2.05) is 66.7 Å². The molecule has 7 heteroatoms. The van der Waals surface area contributed by atoms with Crippen molar-refractivity contribution in [2.45, 2.75) is 6.54 Å². The summed E-state index contributed by atoms with van der Waals surface area (Å²) in [6.45, 7) is 0.189. The van der Waals surface area contributed by atoms with Gasteiger partial charge in [-0.15, -0.1) is 0 Å². The number of aromatic amines is 1. The van der Waals surface area contributed by atoms with E-state index in [1.165, 1.54) is 4.57 Å². The summed E-state index contributed by atoms with van der Waals surface area (Å²) in [6, 6.07) is 36.9. The standard InChI is InChI=1S/C35H23N3O4/c39-33(24-11-8-9-22(19-24)21-38-30-16-7-5-14-27(30)34(40)37-35(38)41)26-17-18-31(42-25-12-2-1-3-13-25)32-28(26)20-23-10-4-6-15-29(23)36-32/h1-20H,21H2,(H,37,40,41). The average molecular weight is 550 g/mol. The van der Waals surface area contributed by atoms with Gasteiger partial charge in [0.05, 0.1) is 23.0 Å². The van der Waals surface area contributed by atoms with Gasteiger partial charge in [-0.25, -0.2) is 9.78 Å². The molecule has 7 rings (SSSR count). The fraction of sp³-hybridized carbons (Fsp3) is 0.0286. The number of benzene rings is 5. The molecular formula is C35H23N3O4. The van der Waals surface area contributed by atoms with Crippen LogP contribution in [0.3, 0.4) is 0 Å². The molecular weight excluding hydrogens is 526 g/mol. The van der Waals surface area contributed by atoms with Crippen LogP contribution in [0.1, 0.15) is 21.5 Å². The van der Waals surface area contributed by atoms with Gasteiger partial charge in [0.25, 0.3) is 5.56 Å². The molecule has 7 aromatic rings. The maximum Gasteiger partial charge on any atom is 0.329 e. The minimum absolute atomic E-state index is 0.177. The molecule has 0 saturated heterocycles. The normalized spacial score (nSPS) is 11.2. The van der Waals surface area contributed by atoms with Gasteiger partial charge in [-0.1, -0.05) is 66.7 Å². The summed E-state index contributed by atoms with van der Waals surface area (Å²) in [5.74, 6) is 1.05. The maximum absolute atomic E-state index is 14.0. The zero-order valence-electron chi connectivity index (χ0n) is 22.3. The van der Waals surface area contributed by atoms with Gasteiger partial charge in [0, 0.05) is 21.9 Å². The first-order chi connectivity index (χ1) is 20.5. The van der Waals surface area contributed by atoms with Crippen LogP contribution in [0.5, 0.6) is 11.5 Å². The lowest BCUT2D eigenvalue weighted by Gasteiger charge is -2.13. The van der Waals surface area contributed by atoms with Crippen molar-refractivity contribution < 1.29 is 9.53 Å². The molecule has 2 heterocycles. The molecule has 0 unspecified atom stereocenters. The predicted octanol–water partition coefficient (Wildman–Crippen LogP) is 6.46. The van der Waals surface area contributed by atoms with Gasteiger partial charge < -0.3 is 4.74 Å². The van der Waals surface area contributed by atoms with E-state index in [-0.39, 0.29) is 12.3 Å². The Hall–Kier alpha value is -5.82. The van der Waals surface area contributed by atoms with Crippen LogP contribution in [0, 0.1) is 0 Å². The van der Waals surface area contributed by atoms with Crippen LogP contribution in [0.2, 0.25) is 0 Å².